The van der Waals surface area contributed by atoms with E-state index in [2.05, 4.69) is 0 Å². The Morgan fingerprint density at radius 2 is 1.79 bits per heavy atom. The van der Waals surface area contributed by atoms with Gasteiger partial charge in [-0.25, -0.2) is 0 Å². The van der Waals surface area contributed by atoms with E-state index in [9.17, 15) is 15.3 Å². The Labute approximate surface area is 111 Å². The van der Waals surface area contributed by atoms with E-state index >= 15 is 0 Å². The second-order valence-corrected chi connectivity index (χ2v) is 4.28. The van der Waals surface area contributed by atoms with Crippen LogP contribution in [0.15, 0.2) is 42.5 Å². The topological polar surface area (TPSA) is 69.9 Å². The predicted molar refractivity (Wildman–Crippen MR) is 71.4 cm³/mol. The Morgan fingerprint density at radius 1 is 1.05 bits per heavy atom. The van der Waals surface area contributed by atoms with Crippen molar-refractivity contribution in [3.63, 3.8) is 0 Å². The number of hydrogen-bond donors (Lipinski definition) is 3. The SMILES string of the molecule is COc1cc(CC(O)c2ccccc2O)ccc1O. The lowest BCUT2D eigenvalue weighted by Crippen LogP contribution is -2.02. The zero-order valence-corrected chi connectivity index (χ0v) is 10.6. The Bertz CT molecular complexity index is 566. The van der Waals surface area contributed by atoms with E-state index in [0.717, 1.165) is 5.56 Å². The normalized spacial score (nSPS) is 12.1. The van der Waals surface area contributed by atoms with Crippen LogP contribution < -0.4 is 4.74 Å². The second-order valence-electron chi connectivity index (χ2n) is 4.28. The van der Waals surface area contributed by atoms with Crippen LogP contribution in [0, 0.1) is 0 Å². The molecule has 0 radical (unpaired) electrons. The molecule has 0 fully saturated rings. The molecule has 4 heteroatoms. The van der Waals surface area contributed by atoms with Crippen LogP contribution >= 0.6 is 0 Å². The van der Waals surface area contributed by atoms with Crippen molar-refractivity contribution in [2.75, 3.05) is 7.11 Å². The first-order chi connectivity index (χ1) is 9.11. The monoisotopic (exact) mass is 260 g/mol. The molecule has 100 valence electrons. The lowest BCUT2D eigenvalue weighted by atomic mass is 10.0. The molecule has 0 spiro atoms. The van der Waals surface area contributed by atoms with Gasteiger partial charge >= 0.3 is 0 Å². The van der Waals surface area contributed by atoms with Gasteiger partial charge in [0.2, 0.25) is 0 Å². The summed E-state index contributed by atoms with van der Waals surface area (Å²) < 4.78 is 5.02. The van der Waals surface area contributed by atoms with Crippen molar-refractivity contribution >= 4 is 0 Å². The highest BCUT2D eigenvalue weighted by Gasteiger charge is 2.13. The highest BCUT2D eigenvalue weighted by Crippen LogP contribution is 2.30. The van der Waals surface area contributed by atoms with Crippen LogP contribution in [0.4, 0.5) is 0 Å². The average Bonchev–Trinajstić information content (AvgIpc) is 2.41. The van der Waals surface area contributed by atoms with E-state index in [1.165, 1.54) is 19.2 Å². The van der Waals surface area contributed by atoms with Gasteiger partial charge in [0.05, 0.1) is 13.2 Å². The van der Waals surface area contributed by atoms with Crippen molar-refractivity contribution in [2.24, 2.45) is 0 Å². The van der Waals surface area contributed by atoms with Crippen LogP contribution in [-0.4, -0.2) is 22.4 Å². The molecule has 4 nitrogen and oxygen atoms in total. The van der Waals surface area contributed by atoms with E-state index in [0.29, 0.717) is 17.7 Å². The van der Waals surface area contributed by atoms with Gasteiger partial charge in [-0.15, -0.1) is 0 Å². The van der Waals surface area contributed by atoms with Crippen LogP contribution in [0.25, 0.3) is 0 Å². The highest BCUT2D eigenvalue weighted by molar-refractivity contribution is 5.42. The fourth-order valence-corrected chi connectivity index (χ4v) is 1.95. The summed E-state index contributed by atoms with van der Waals surface area (Å²) in [5, 5.41) is 29.3. The number of aliphatic hydroxyl groups excluding tert-OH is 1. The number of phenolic OH excluding ortho intramolecular Hbond substituents is 2. The highest BCUT2D eigenvalue weighted by atomic mass is 16.5. The summed E-state index contributed by atoms with van der Waals surface area (Å²) in [7, 11) is 1.47. The van der Waals surface area contributed by atoms with Crippen molar-refractivity contribution in [3.8, 4) is 17.2 Å². The maximum Gasteiger partial charge on any atom is 0.160 e. The Balaban J connectivity index is 2.19. The number of para-hydroxylation sites is 1. The van der Waals surface area contributed by atoms with Crippen LogP contribution in [0.5, 0.6) is 17.2 Å². The molecule has 1 atom stereocenters. The summed E-state index contributed by atoms with van der Waals surface area (Å²) in [6, 6.07) is 11.6. The van der Waals surface area contributed by atoms with E-state index in [1.54, 1.807) is 30.3 Å². The van der Waals surface area contributed by atoms with Crippen molar-refractivity contribution in [1.29, 1.82) is 0 Å². The molecule has 19 heavy (non-hydrogen) atoms. The van der Waals surface area contributed by atoms with Gasteiger partial charge in [0.15, 0.2) is 11.5 Å². The molecule has 0 aliphatic heterocycles. The first-order valence-corrected chi connectivity index (χ1v) is 5.93. The Hall–Kier alpha value is -2.20. The van der Waals surface area contributed by atoms with Crippen LogP contribution in [0.2, 0.25) is 0 Å². The van der Waals surface area contributed by atoms with Crippen molar-refractivity contribution in [2.45, 2.75) is 12.5 Å². The zero-order valence-electron chi connectivity index (χ0n) is 10.6. The number of hydrogen-bond acceptors (Lipinski definition) is 4. The molecule has 0 saturated carbocycles. The third-order valence-corrected chi connectivity index (χ3v) is 2.97. The molecule has 0 bridgehead atoms. The molecular weight excluding hydrogens is 244 g/mol. The van der Waals surface area contributed by atoms with Gasteiger partial charge < -0.3 is 20.1 Å². The summed E-state index contributed by atoms with van der Waals surface area (Å²) >= 11 is 0. The molecule has 2 aromatic carbocycles. The van der Waals surface area contributed by atoms with Crippen molar-refractivity contribution < 1.29 is 20.1 Å². The quantitative estimate of drug-likeness (QED) is 0.789. The minimum Gasteiger partial charge on any atom is -0.508 e. The summed E-state index contributed by atoms with van der Waals surface area (Å²) in [5.41, 5.74) is 1.29. The smallest absolute Gasteiger partial charge is 0.160 e. The first kappa shape index (κ1) is 13.2. The summed E-state index contributed by atoms with van der Waals surface area (Å²) in [6.45, 7) is 0. The number of aliphatic hydroxyl groups is 1. The number of benzene rings is 2. The van der Waals surface area contributed by atoms with Gasteiger partial charge in [-0.1, -0.05) is 24.3 Å². The average molecular weight is 260 g/mol. The fourth-order valence-electron chi connectivity index (χ4n) is 1.95. The summed E-state index contributed by atoms with van der Waals surface area (Å²) in [4.78, 5) is 0. The molecular formula is C15H16O4. The van der Waals surface area contributed by atoms with Gasteiger partial charge in [0, 0.05) is 12.0 Å². The third-order valence-electron chi connectivity index (χ3n) is 2.97. The van der Waals surface area contributed by atoms with Gasteiger partial charge in [0.25, 0.3) is 0 Å². The van der Waals surface area contributed by atoms with Crippen LogP contribution in [0.3, 0.4) is 0 Å². The van der Waals surface area contributed by atoms with Crippen molar-refractivity contribution in [1.82, 2.24) is 0 Å². The maximum atomic E-state index is 10.1. The number of ether oxygens (including phenoxy) is 1. The van der Waals surface area contributed by atoms with Gasteiger partial charge in [-0.3, -0.25) is 0 Å². The minimum absolute atomic E-state index is 0.0586. The molecule has 0 amide bonds. The van der Waals surface area contributed by atoms with Gasteiger partial charge in [-0.05, 0) is 23.8 Å². The number of aromatic hydroxyl groups is 2. The maximum absolute atomic E-state index is 10.1. The first-order valence-electron chi connectivity index (χ1n) is 5.93. The van der Waals surface area contributed by atoms with Gasteiger partial charge in [-0.2, -0.15) is 0 Å². The summed E-state index contributed by atoms with van der Waals surface area (Å²) in [6.07, 6.45) is -0.482. The molecule has 2 rings (SSSR count). The van der Waals surface area contributed by atoms with E-state index < -0.39 is 6.10 Å². The van der Waals surface area contributed by atoms with E-state index in [-0.39, 0.29) is 11.5 Å². The lowest BCUT2D eigenvalue weighted by molar-refractivity contribution is 0.174. The largest absolute Gasteiger partial charge is 0.508 e. The van der Waals surface area contributed by atoms with Gasteiger partial charge in [0.1, 0.15) is 5.75 Å². The Morgan fingerprint density at radius 3 is 2.47 bits per heavy atom. The minimum atomic E-state index is -0.810. The second kappa shape index (κ2) is 5.63. The molecule has 0 heterocycles. The zero-order chi connectivity index (χ0) is 13.8. The number of phenols is 2. The molecule has 3 N–H and O–H groups in total. The van der Waals surface area contributed by atoms with Crippen molar-refractivity contribution in [3.05, 3.63) is 53.6 Å². The lowest BCUT2D eigenvalue weighted by Gasteiger charge is -2.13. The molecule has 0 aliphatic carbocycles. The van der Waals surface area contributed by atoms with Crippen LogP contribution in [-0.2, 0) is 6.42 Å². The molecule has 0 saturated heterocycles. The third kappa shape index (κ3) is 2.98. The summed E-state index contributed by atoms with van der Waals surface area (Å²) in [5.74, 6) is 0.492. The van der Waals surface area contributed by atoms with E-state index in [4.69, 9.17) is 4.74 Å². The molecule has 0 aromatic heterocycles. The standard InChI is InChI=1S/C15H16O4/c1-19-15-9-10(6-7-13(15)17)8-14(18)11-4-2-3-5-12(11)16/h2-7,9,14,16-18H,8H2,1H3. The fraction of sp³-hybridized carbons (Fsp3) is 0.200. The number of methoxy groups -OCH3 is 1. The molecule has 0 aliphatic rings. The van der Waals surface area contributed by atoms with Crippen LogP contribution in [0.1, 0.15) is 17.2 Å². The Kier molecular flexibility index (Phi) is 3.92. The number of rotatable bonds is 4. The van der Waals surface area contributed by atoms with E-state index in [1.807, 2.05) is 0 Å². The predicted octanol–water partition coefficient (Wildman–Crippen LogP) is 2.38. The molecule has 2 aromatic rings. The molecule has 1 unspecified atom stereocenters.